The molecule has 1 aliphatic carbocycles. The van der Waals surface area contributed by atoms with Crippen LogP contribution >= 0.6 is 0 Å². The maximum Gasteiger partial charge on any atom is 0.337 e. The fraction of sp³-hybridized carbons (Fsp3) is 0.517. The predicted molar refractivity (Wildman–Crippen MR) is 134 cm³/mol. The predicted octanol–water partition coefficient (Wildman–Crippen LogP) is 5.34. The number of carbonyl (C=O) groups excluding carboxylic acids is 2. The first-order valence-electron chi connectivity index (χ1n) is 12.5. The zero-order chi connectivity index (χ0) is 24.3. The third kappa shape index (κ3) is 5.20. The smallest absolute Gasteiger partial charge is 0.337 e. The summed E-state index contributed by atoms with van der Waals surface area (Å²) in [7, 11) is 1.39. The second-order valence-electron chi connectivity index (χ2n) is 11.0. The highest BCUT2D eigenvalue weighted by molar-refractivity contribution is 5.89. The van der Waals surface area contributed by atoms with E-state index in [0.717, 1.165) is 44.1 Å². The molecule has 1 heterocycles. The van der Waals surface area contributed by atoms with E-state index in [-0.39, 0.29) is 29.0 Å². The summed E-state index contributed by atoms with van der Waals surface area (Å²) in [5.41, 5.74) is 2.81. The summed E-state index contributed by atoms with van der Waals surface area (Å²) in [4.78, 5) is 27.6. The molecule has 2 aromatic rings. The van der Waals surface area contributed by atoms with Crippen LogP contribution in [0.5, 0.6) is 0 Å². The molecule has 1 N–H and O–H groups in total. The number of hydrogen-bond donors (Lipinski definition) is 1. The van der Waals surface area contributed by atoms with E-state index in [9.17, 15) is 9.59 Å². The Labute approximate surface area is 203 Å². The van der Waals surface area contributed by atoms with Gasteiger partial charge in [-0.25, -0.2) is 4.79 Å². The number of nitrogens with one attached hydrogen (secondary N) is 1. The summed E-state index contributed by atoms with van der Waals surface area (Å²) in [5, 5.41) is 3.81. The van der Waals surface area contributed by atoms with Crippen LogP contribution in [-0.4, -0.2) is 35.6 Å². The Bertz CT molecular complexity index is 986. The molecule has 5 nitrogen and oxygen atoms in total. The van der Waals surface area contributed by atoms with Gasteiger partial charge in [0.2, 0.25) is 5.91 Å². The molecule has 4 rings (SSSR count). The SMILES string of the molecule is COC(=O)c1ccc(CN2C(=O)[C@H](CCc3ccccc3)NC23CCC(C(C)(C)C)CC3)cc1. The Morgan fingerprint density at radius 2 is 1.68 bits per heavy atom. The number of ether oxygens (including phenoxy) is 1. The molecule has 1 spiro atoms. The average Bonchev–Trinajstić information content (AvgIpc) is 3.08. The van der Waals surface area contributed by atoms with Gasteiger partial charge in [0, 0.05) is 6.54 Å². The lowest BCUT2D eigenvalue weighted by atomic mass is 9.69. The van der Waals surface area contributed by atoms with E-state index < -0.39 is 0 Å². The molecule has 5 heteroatoms. The van der Waals surface area contributed by atoms with Gasteiger partial charge in [-0.2, -0.15) is 0 Å². The van der Waals surface area contributed by atoms with Crippen LogP contribution in [0.25, 0.3) is 0 Å². The standard InChI is InChI=1S/C29H38N2O3/c1-28(2,3)24-16-18-29(19-17-24)30-25(15-12-21-8-6-5-7-9-21)26(32)31(29)20-22-10-13-23(14-11-22)27(33)34-4/h5-11,13-14,24-25,30H,12,15-20H2,1-4H3/t24?,25-,29?/m0/s1. The Hall–Kier alpha value is -2.66. The molecule has 0 unspecified atom stereocenters. The van der Waals surface area contributed by atoms with Crippen molar-refractivity contribution in [3.8, 4) is 0 Å². The largest absolute Gasteiger partial charge is 0.465 e. The first-order valence-corrected chi connectivity index (χ1v) is 12.5. The first-order chi connectivity index (χ1) is 16.2. The number of nitrogens with zero attached hydrogens (tertiary/aromatic N) is 1. The van der Waals surface area contributed by atoms with Gasteiger partial charge in [-0.05, 0) is 73.1 Å². The van der Waals surface area contributed by atoms with E-state index in [1.54, 1.807) is 12.1 Å². The van der Waals surface area contributed by atoms with Crippen molar-refractivity contribution in [2.45, 2.75) is 77.5 Å². The lowest BCUT2D eigenvalue weighted by Crippen LogP contribution is -2.55. The summed E-state index contributed by atoms with van der Waals surface area (Å²) < 4.78 is 4.82. The molecule has 0 aromatic heterocycles. The highest BCUT2D eigenvalue weighted by Crippen LogP contribution is 2.45. The summed E-state index contributed by atoms with van der Waals surface area (Å²) in [6.07, 6.45) is 5.86. The Morgan fingerprint density at radius 1 is 1.03 bits per heavy atom. The number of methoxy groups -OCH3 is 1. The number of esters is 1. The minimum Gasteiger partial charge on any atom is -0.465 e. The van der Waals surface area contributed by atoms with Gasteiger partial charge in [0.15, 0.2) is 0 Å². The lowest BCUT2D eigenvalue weighted by molar-refractivity contribution is -0.134. The van der Waals surface area contributed by atoms with E-state index in [1.165, 1.54) is 12.7 Å². The summed E-state index contributed by atoms with van der Waals surface area (Å²) in [6.45, 7) is 7.53. The fourth-order valence-corrected chi connectivity index (χ4v) is 5.67. The van der Waals surface area contributed by atoms with Crippen molar-refractivity contribution in [3.05, 3.63) is 71.3 Å². The minimum atomic E-state index is -0.344. The number of amides is 1. The normalized spacial score (nSPS) is 25.1. The fourth-order valence-electron chi connectivity index (χ4n) is 5.67. The van der Waals surface area contributed by atoms with Gasteiger partial charge >= 0.3 is 5.97 Å². The molecule has 2 aliphatic rings. The van der Waals surface area contributed by atoms with Crippen molar-refractivity contribution in [1.82, 2.24) is 10.2 Å². The van der Waals surface area contributed by atoms with Crippen LogP contribution in [0, 0.1) is 11.3 Å². The highest BCUT2D eigenvalue weighted by Gasteiger charge is 2.52. The quantitative estimate of drug-likeness (QED) is 0.589. The van der Waals surface area contributed by atoms with Crippen molar-refractivity contribution in [3.63, 3.8) is 0 Å². The van der Waals surface area contributed by atoms with Crippen LogP contribution in [-0.2, 0) is 22.5 Å². The van der Waals surface area contributed by atoms with E-state index in [0.29, 0.717) is 18.0 Å². The summed E-state index contributed by atoms with van der Waals surface area (Å²) in [6, 6.07) is 17.7. The van der Waals surface area contributed by atoms with Crippen LogP contribution in [0.15, 0.2) is 54.6 Å². The Kier molecular flexibility index (Phi) is 7.13. The number of aryl methyl sites for hydroxylation is 1. The van der Waals surface area contributed by atoms with Gasteiger partial charge in [-0.15, -0.1) is 0 Å². The highest BCUT2D eigenvalue weighted by atomic mass is 16.5. The second-order valence-corrected chi connectivity index (χ2v) is 11.0. The zero-order valence-corrected chi connectivity index (χ0v) is 21.0. The lowest BCUT2D eigenvalue weighted by Gasteiger charge is -2.46. The van der Waals surface area contributed by atoms with Gasteiger partial charge < -0.3 is 9.64 Å². The molecule has 1 amide bonds. The van der Waals surface area contributed by atoms with E-state index >= 15 is 0 Å². The van der Waals surface area contributed by atoms with Crippen LogP contribution < -0.4 is 5.32 Å². The monoisotopic (exact) mass is 462 g/mol. The van der Waals surface area contributed by atoms with E-state index in [1.807, 2.05) is 18.2 Å². The molecule has 2 aromatic carbocycles. The molecule has 0 bridgehead atoms. The van der Waals surface area contributed by atoms with Crippen LogP contribution in [0.3, 0.4) is 0 Å². The van der Waals surface area contributed by atoms with Gasteiger partial charge in [0.05, 0.1) is 24.4 Å². The van der Waals surface area contributed by atoms with Crippen molar-refractivity contribution in [2.24, 2.45) is 11.3 Å². The third-order valence-corrected chi connectivity index (χ3v) is 7.84. The van der Waals surface area contributed by atoms with Gasteiger partial charge in [0.1, 0.15) is 0 Å². The maximum absolute atomic E-state index is 13.7. The molecule has 1 saturated heterocycles. The topological polar surface area (TPSA) is 58.6 Å². The van der Waals surface area contributed by atoms with Crippen molar-refractivity contribution in [2.75, 3.05) is 7.11 Å². The van der Waals surface area contributed by atoms with Crippen molar-refractivity contribution < 1.29 is 14.3 Å². The molecule has 2 fully saturated rings. The van der Waals surface area contributed by atoms with Crippen LogP contribution in [0.4, 0.5) is 0 Å². The molecule has 1 saturated carbocycles. The van der Waals surface area contributed by atoms with Gasteiger partial charge in [-0.3, -0.25) is 10.1 Å². The molecule has 1 aliphatic heterocycles. The van der Waals surface area contributed by atoms with E-state index in [4.69, 9.17) is 4.74 Å². The number of benzene rings is 2. The molecule has 34 heavy (non-hydrogen) atoms. The first kappa shape index (κ1) is 24.5. The van der Waals surface area contributed by atoms with Crippen molar-refractivity contribution in [1.29, 1.82) is 0 Å². The Morgan fingerprint density at radius 3 is 2.26 bits per heavy atom. The molecular weight excluding hydrogens is 424 g/mol. The molecule has 0 radical (unpaired) electrons. The molecule has 1 atom stereocenters. The minimum absolute atomic E-state index is 0.166. The van der Waals surface area contributed by atoms with E-state index in [2.05, 4.69) is 55.3 Å². The Balaban J connectivity index is 1.53. The number of carbonyl (C=O) groups is 2. The summed E-state index contributed by atoms with van der Waals surface area (Å²) >= 11 is 0. The molecule has 182 valence electrons. The van der Waals surface area contributed by atoms with Crippen LogP contribution in [0.1, 0.15) is 74.4 Å². The van der Waals surface area contributed by atoms with Gasteiger partial charge in [-0.1, -0.05) is 63.2 Å². The number of hydrogen-bond acceptors (Lipinski definition) is 4. The zero-order valence-electron chi connectivity index (χ0n) is 21.0. The number of rotatable bonds is 6. The summed E-state index contributed by atoms with van der Waals surface area (Å²) in [5.74, 6) is 0.519. The van der Waals surface area contributed by atoms with Crippen LogP contribution in [0.2, 0.25) is 0 Å². The average molecular weight is 463 g/mol. The third-order valence-electron chi connectivity index (χ3n) is 7.84. The van der Waals surface area contributed by atoms with Gasteiger partial charge in [0.25, 0.3) is 0 Å². The van der Waals surface area contributed by atoms with Crippen molar-refractivity contribution >= 4 is 11.9 Å². The molecular formula is C29H38N2O3. The maximum atomic E-state index is 13.7. The second kappa shape index (κ2) is 9.91.